The molecule has 0 spiro atoms. The maximum atomic E-state index is 13.1. The molecular formula is C22H23FN2O4. The maximum Gasteiger partial charge on any atom is 0.356 e. The third-order valence-electron chi connectivity index (χ3n) is 4.67. The van der Waals surface area contributed by atoms with Gasteiger partial charge in [-0.25, -0.2) is 9.18 Å². The molecule has 29 heavy (non-hydrogen) atoms. The van der Waals surface area contributed by atoms with E-state index in [1.807, 2.05) is 26.8 Å². The molecule has 0 saturated carbocycles. The molecule has 0 bridgehead atoms. The van der Waals surface area contributed by atoms with Crippen molar-refractivity contribution in [2.75, 3.05) is 5.32 Å². The molecular weight excluding hydrogens is 375 g/mol. The van der Waals surface area contributed by atoms with Gasteiger partial charge in [0.25, 0.3) is 5.91 Å². The number of aryl methyl sites for hydroxylation is 2. The SMILES string of the molecule is CCc1cc2c(cc1NC(=O)c1ccc(F)cc1)c(OC(C)C)c(C(=O)O)n2C. The van der Waals surface area contributed by atoms with Gasteiger partial charge in [0.2, 0.25) is 0 Å². The summed E-state index contributed by atoms with van der Waals surface area (Å²) >= 11 is 0. The van der Waals surface area contributed by atoms with Crippen LogP contribution in [0.25, 0.3) is 10.9 Å². The van der Waals surface area contributed by atoms with Gasteiger partial charge >= 0.3 is 5.97 Å². The number of nitrogens with one attached hydrogen (secondary N) is 1. The highest BCUT2D eigenvalue weighted by molar-refractivity contribution is 6.07. The Morgan fingerprint density at radius 3 is 2.41 bits per heavy atom. The first kappa shape index (κ1) is 20.4. The molecule has 0 aliphatic carbocycles. The first-order chi connectivity index (χ1) is 13.7. The molecule has 0 atom stereocenters. The fourth-order valence-corrected chi connectivity index (χ4v) is 3.29. The number of nitrogens with zero attached hydrogens (tertiary/aromatic N) is 1. The topological polar surface area (TPSA) is 80.6 Å². The van der Waals surface area contributed by atoms with Crippen LogP contribution >= 0.6 is 0 Å². The van der Waals surface area contributed by atoms with E-state index < -0.39 is 11.8 Å². The lowest BCUT2D eigenvalue weighted by Crippen LogP contribution is -2.13. The van der Waals surface area contributed by atoms with E-state index in [2.05, 4.69) is 5.32 Å². The lowest BCUT2D eigenvalue weighted by Gasteiger charge is -2.13. The van der Waals surface area contributed by atoms with Crippen molar-refractivity contribution in [3.8, 4) is 5.75 Å². The average molecular weight is 398 g/mol. The second-order valence-corrected chi connectivity index (χ2v) is 7.05. The summed E-state index contributed by atoms with van der Waals surface area (Å²) in [6.45, 7) is 5.59. The molecule has 2 aromatic carbocycles. The zero-order valence-electron chi connectivity index (χ0n) is 16.7. The largest absolute Gasteiger partial charge is 0.488 e. The molecule has 3 rings (SSSR count). The molecule has 0 unspecified atom stereocenters. The Morgan fingerprint density at radius 2 is 1.86 bits per heavy atom. The molecule has 0 aliphatic heterocycles. The average Bonchev–Trinajstić information content (AvgIpc) is 2.92. The van der Waals surface area contributed by atoms with Gasteiger partial charge in [-0.1, -0.05) is 6.92 Å². The maximum absolute atomic E-state index is 13.1. The fourth-order valence-electron chi connectivity index (χ4n) is 3.29. The fraction of sp³-hybridized carbons (Fsp3) is 0.273. The number of carboxylic acids is 1. The highest BCUT2D eigenvalue weighted by Crippen LogP contribution is 2.37. The zero-order valence-corrected chi connectivity index (χ0v) is 16.7. The normalized spacial score (nSPS) is 11.1. The predicted molar refractivity (Wildman–Crippen MR) is 109 cm³/mol. The quantitative estimate of drug-likeness (QED) is 0.635. The Labute approximate surface area is 167 Å². The minimum atomic E-state index is -1.09. The highest BCUT2D eigenvalue weighted by Gasteiger charge is 2.24. The number of carbonyl (C=O) groups is 2. The van der Waals surface area contributed by atoms with Crippen molar-refractivity contribution in [2.45, 2.75) is 33.3 Å². The third kappa shape index (κ3) is 3.94. The van der Waals surface area contributed by atoms with Crippen LogP contribution in [-0.4, -0.2) is 27.7 Å². The summed E-state index contributed by atoms with van der Waals surface area (Å²) in [6, 6.07) is 8.86. The minimum Gasteiger partial charge on any atom is -0.488 e. The number of hydrogen-bond acceptors (Lipinski definition) is 3. The summed E-state index contributed by atoms with van der Waals surface area (Å²) in [5.74, 6) is -1.61. The van der Waals surface area contributed by atoms with Crippen molar-refractivity contribution in [3.05, 3.63) is 59.0 Å². The molecule has 7 heteroatoms. The molecule has 1 aromatic heterocycles. The van der Waals surface area contributed by atoms with E-state index in [4.69, 9.17) is 4.74 Å². The van der Waals surface area contributed by atoms with Crippen LogP contribution in [0.4, 0.5) is 10.1 Å². The summed E-state index contributed by atoms with van der Waals surface area (Å²) in [5.41, 5.74) is 2.49. The number of amides is 1. The Kier molecular flexibility index (Phi) is 5.59. The summed E-state index contributed by atoms with van der Waals surface area (Å²) < 4.78 is 20.5. The van der Waals surface area contributed by atoms with Gasteiger partial charge in [-0.3, -0.25) is 4.79 Å². The van der Waals surface area contributed by atoms with Crippen LogP contribution < -0.4 is 10.1 Å². The van der Waals surface area contributed by atoms with Gasteiger partial charge in [0, 0.05) is 23.7 Å². The second-order valence-electron chi connectivity index (χ2n) is 7.05. The van der Waals surface area contributed by atoms with Gasteiger partial charge in [-0.2, -0.15) is 0 Å². The molecule has 1 amide bonds. The van der Waals surface area contributed by atoms with Crippen LogP contribution in [0, 0.1) is 5.82 Å². The number of carboxylic acid groups (broad SMARTS) is 1. The van der Waals surface area contributed by atoms with Crippen molar-refractivity contribution < 1.29 is 23.8 Å². The number of carbonyl (C=O) groups excluding carboxylic acids is 1. The Balaban J connectivity index is 2.13. The monoisotopic (exact) mass is 398 g/mol. The first-order valence-electron chi connectivity index (χ1n) is 9.35. The summed E-state index contributed by atoms with van der Waals surface area (Å²) in [6.07, 6.45) is 0.407. The van der Waals surface area contributed by atoms with Crippen LogP contribution in [-0.2, 0) is 13.5 Å². The van der Waals surface area contributed by atoms with Gasteiger partial charge in [-0.15, -0.1) is 0 Å². The number of aromatic carboxylic acids is 1. The second kappa shape index (κ2) is 7.95. The molecule has 0 aliphatic rings. The number of rotatable bonds is 6. The Bertz CT molecular complexity index is 1080. The Morgan fingerprint density at radius 1 is 1.21 bits per heavy atom. The third-order valence-corrected chi connectivity index (χ3v) is 4.67. The van der Waals surface area contributed by atoms with Gasteiger partial charge in [0.15, 0.2) is 11.4 Å². The molecule has 3 aromatic rings. The van der Waals surface area contributed by atoms with Gasteiger partial charge in [0.05, 0.1) is 11.6 Å². The summed E-state index contributed by atoms with van der Waals surface area (Å²) in [7, 11) is 1.68. The van der Waals surface area contributed by atoms with Crippen LogP contribution in [0.5, 0.6) is 5.75 Å². The molecule has 6 nitrogen and oxygen atoms in total. The van der Waals surface area contributed by atoms with Crippen LogP contribution in [0.3, 0.4) is 0 Å². The van der Waals surface area contributed by atoms with Crippen molar-refractivity contribution in [3.63, 3.8) is 0 Å². The van der Waals surface area contributed by atoms with E-state index >= 15 is 0 Å². The molecule has 0 fully saturated rings. The zero-order chi connectivity index (χ0) is 21.3. The lowest BCUT2D eigenvalue weighted by molar-refractivity contribution is 0.0680. The smallest absolute Gasteiger partial charge is 0.356 e. The van der Waals surface area contributed by atoms with E-state index in [1.165, 1.54) is 24.3 Å². The number of ether oxygens (including phenoxy) is 1. The van der Waals surface area contributed by atoms with Gasteiger partial charge in [-0.05, 0) is 62.2 Å². The number of benzene rings is 2. The number of aromatic nitrogens is 1. The Hall–Kier alpha value is -3.35. The summed E-state index contributed by atoms with van der Waals surface area (Å²) in [5, 5.41) is 13.1. The van der Waals surface area contributed by atoms with Crippen LogP contribution in [0.2, 0.25) is 0 Å². The van der Waals surface area contributed by atoms with Gasteiger partial charge in [0.1, 0.15) is 5.82 Å². The first-order valence-corrected chi connectivity index (χ1v) is 9.35. The number of fused-ring (bicyclic) bond motifs is 1. The van der Waals surface area contributed by atoms with Crippen LogP contribution in [0.15, 0.2) is 36.4 Å². The minimum absolute atomic E-state index is 0.0535. The van der Waals surface area contributed by atoms with E-state index in [0.717, 1.165) is 5.56 Å². The molecule has 152 valence electrons. The molecule has 0 radical (unpaired) electrons. The van der Waals surface area contributed by atoms with E-state index in [9.17, 15) is 19.1 Å². The van der Waals surface area contributed by atoms with Crippen LogP contribution in [0.1, 0.15) is 47.2 Å². The van der Waals surface area contributed by atoms with Crippen molar-refractivity contribution in [1.82, 2.24) is 4.57 Å². The van der Waals surface area contributed by atoms with Crippen molar-refractivity contribution in [1.29, 1.82) is 0 Å². The number of halogens is 1. The molecule has 2 N–H and O–H groups in total. The molecule has 0 saturated heterocycles. The summed E-state index contributed by atoms with van der Waals surface area (Å²) in [4.78, 5) is 24.4. The van der Waals surface area contributed by atoms with E-state index in [0.29, 0.717) is 28.6 Å². The lowest BCUT2D eigenvalue weighted by atomic mass is 10.1. The number of anilines is 1. The van der Waals surface area contributed by atoms with E-state index in [-0.39, 0.29) is 23.5 Å². The predicted octanol–water partition coefficient (Wildman–Crippen LogP) is 4.62. The van der Waals surface area contributed by atoms with Gasteiger partial charge < -0.3 is 19.7 Å². The number of hydrogen-bond donors (Lipinski definition) is 2. The van der Waals surface area contributed by atoms with Crippen molar-refractivity contribution in [2.24, 2.45) is 7.05 Å². The molecule has 1 heterocycles. The standard InChI is InChI=1S/C22H23FN2O4/c1-5-13-10-18-16(20(29-12(2)3)19(22(27)28)25(18)4)11-17(13)24-21(26)14-6-8-15(23)9-7-14/h6-12H,5H2,1-4H3,(H,24,26)(H,27,28). The van der Waals surface area contributed by atoms with E-state index in [1.54, 1.807) is 17.7 Å². The van der Waals surface area contributed by atoms with Crippen molar-refractivity contribution >= 4 is 28.5 Å². The highest BCUT2D eigenvalue weighted by atomic mass is 19.1.